The number of hydrogen-bond donors (Lipinski definition) is 2. The Labute approximate surface area is 154 Å². The Morgan fingerprint density at radius 1 is 1.12 bits per heavy atom. The lowest BCUT2D eigenvalue weighted by molar-refractivity contribution is 0.0999. The summed E-state index contributed by atoms with van der Waals surface area (Å²) >= 11 is 0. The average Bonchev–Trinajstić information content (AvgIpc) is 2.65. The first-order valence-electron chi connectivity index (χ1n) is 8.41. The van der Waals surface area contributed by atoms with Crippen molar-refractivity contribution in [2.45, 2.75) is 38.1 Å². The second-order valence-corrected chi connectivity index (χ2v) is 7.57. The van der Waals surface area contributed by atoms with Crippen LogP contribution < -0.4 is 15.2 Å². The molecule has 0 fully saturated rings. The number of rotatable bonds is 8. The zero-order chi connectivity index (χ0) is 19.3. The van der Waals surface area contributed by atoms with Gasteiger partial charge in [0.15, 0.2) is 0 Å². The highest BCUT2D eigenvalue weighted by molar-refractivity contribution is 7.89. The molecule has 3 N–H and O–H groups in total. The second kappa shape index (κ2) is 8.33. The van der Waals surface area contributed by atoms with Crippen LogP contribution in [0.3, 0.4) is 0 Å². The van der Waals surface area contributed by atoms with Crippen LogP contribution in [0.4, 0.5) is 0 Å². The number of benzene rings is 2. The molecule has 0 radical (unpaired) electrons. The van der Waals surface area contributed by atoms with Gasteiger partial charge >= 0.3 is 0 Å². The van der Waals surface area contributed by atoms with Gasteiger partial charge in [0.05, 0.1) is 12.0 Å². The SMILES string of the molecule is CCc1ccc(C(N)=O)c(CC)c1CNS(=O)(=O)c1cccc(OC)c1. The van der Waals surface area contributed by atoms with Gasteiger partial charge in [0, 0.05) is 18.2 Å². The van der Waals surface area contributed by atoms with Gasteiger partial charge in [-0.1, -0.05) is 26.0 Å². The molecular weight excluding hydrogens is 352 g/mol. The van der Waals surface area contributed by atoms with E-state index in [1.165, 1.54) is 19.2 Å². The van der Waals surface area contributed by atoms with Crippen LogP contribution >= 0.6 is 0 Å². The lowest BCUT2D eigenvalue weighted by Gasteiger charge is -2.17. The van der Waals surface area contributed by atoms with Crippen LogP contribution in [0.5, 0.6) is 5.75 Å². The Balaban J connectivity index is 2.38. The summed E-state index contributed by atoms with van der Waals surface area (Å²) in [7, 11) is -2.24. The molecule has 6 nitrogen and oxygen atoms in total. The number of nitrogens with one attached hydrogen (secondary N) is 1. The highest BCUT2D eigenvalue weighted by Crippen LogP contribution is 2.22. The minimum atomic E-state index is -3.72. The van der Waals surface area contributed by atoms with Gasteiger partial charge < -0.3 is 10.5 Å². The lowest BCUT2D eigenvalue weighted by atomic mass is 9.92. The molecule has 2 aromatic rings. The number of sulfonamides is 1. The summed E-state index contributed by atoms with van der Waals surface area (Å²) in [5.41, 5.74) is 8.47. The summed E-state index contributed by atoms with van der Waals surface area (Å²) in [5.74, 6) is -0.0477. The molecule has 0 heterocycles. The number of hydrogen-bond acceptors (Lipinski definition) is 4. The fraction of sp³-hybridized carbons (Fsp3) is 0.316. The summed E-state index contributed by atoms with van der Waals surface area (Å²) in [5, 5.41) is 0. The van der Waals surface area contributed by atoms with Gasteiger partial charge in [-0.15, -0.1) is 0 Å². The normalized spacial score (nSPS) is 11.3. The maximum Gasteiger partial charge on any atom is 0.248 e. The third-order valence-electron chi connectivity index (χ3n) is 4.32. The van der Waals surface area contributed by atoms with Gasteiger partial charge in [-0.2, -0.15) is 0 Å². The van der Waals surface area contributed by atoms with Gasteiger partial charge in [0.2, 0.25) is 15.9 Å². The Morgan fingerprint density at radius 2 is 1.85 bits per heavy atom. The predicted molar refractivity (Wildman–Crippen MR) is 101 cm³/mol. The Bertz CT molecular complexity index is 908. The molecule has 0 bridgehead atoms. The van der Waals surface area contributed by atoms with Gasteiger partial charge in [-0.05, 0) is 47.7 Å². The van der Waals surface area contributed by atoms with E-state index in [1.54, 1.807) is 18.2 Å². The van der Waals surface area contributed by atoms with Gasteiger partial charge in [0.25, 0.3) is 0 Å². The molecule has 0 unspecified atom stereocenters. The van der Waals surface area contributed by atoms with Crippen molar-refractivity contribution in [1.29, 1.82) is 0 Å². The summed E-state index contributed by atoms with van der Waals surface area (Å²) < 4.78 is 33.0. The Kier molecular flexibility index (Phi) is 6.39. The molecular formula is C19H24N2O4S. The number of ether oxygens (including phenoxy) is 1. The predicted octanol–water partition coefficient (Wildman–Crippen LogP) is 2.40. The fourth-order valence-corrected chi connectivity index (χ4v) is 3.98. The number of methoxy groups -OCH3 is 1. The standard InChI is InChI=1S/C19H24N2O4S/c1-4-13-9-10-17(19(20)22)16(5-2)18(13)12-21-26(23,24)15-8-6-7-14(11-15)25-3/h6-11,21H,4-5,12H2,1-3H3,(H2,20,22). The quantitative estimate of drug-likeness (QED) is 0.739. The lowest BCUT2D eigenvalue weighted by Crippen LogP contribution is -2.25. The minimum absolute atomic E-state index is 0.0903. The number of aryl methyl sites for hydroxylation is 1. The molecule has 140 valence electrons. The van der Waals surface area contributed by atoms with Crippen LogP contribution in [0.1, 0.15) is 40.9 Å². The molecule has 0 spiro atoms. The molecule has 0 saturated carbocycles. The first-order chi connectivity index (χ1) is 12.3. The maximum absolute atomic E-state index is 12.6. The first kappa shape index (κ1) is 19.9. The third kappa shape index (κ3) is 4.23. The van der Waals surface area contributed by atoms with Gasteiger partial charge in [0.1, 0.15) is 5.75 Å². The molecule has 7 heteroatoms. The van der Waals surface area contributed by atoms with E-state index in [4.69, 9.17) is 10.5 Å². The number of carbonyl (C=O) groups is 1. The topological polar surface area (TPSA) is 98.5 Å². The molecule has 0 aromatic heterocycles. The first-order valence-corrected chi connectivity index (χ1v) is 9.89. The van der Waals surface area contributed by atoms with Crippen LogP contribution in [-0.2, 0) is 29.4 Å². The van der Waals surface area contributed by atoms with Crippen LogP contribution in [0.25, 0.3) is 0 Å². The Hall–Kier alpha value is -2.38. The zero-order valence-corrected chi connectivity index (χ0v) is 16.0. The van der Waals surface area contributed by atoms with Gasteiger partial charge in [-0.25, -0.2) is 13.1 Å². The van der Waals surface area contributed by atoms with E-state index in [0.717, 1.165) is 23.1 Å². The minimum Gasteiger partial charge on any atom is -0.497 e. The van der Waals surface area contributed by atoms with Crippen molar-refractivity contribution in [3.8, 4) is 5.75 Å². The third-order valence-corrected chi connectivity index (χ3v) is 5.72. The largest absolute Gasteiger partial charge is 0.497 e. The molecule has 0 atom stereocenters. The fourth-order valence-electron chi connectivity index (χ4n) is 2.95. The van der Waals surface area contributed by atoms with Crippen molar-refractivity contribution in [3.63, 3.8) is 0 Å². The van der Waals surface area contributed by atoms with Crippen LogP contribution in [0, 0.1) is 0 Å². The van der Waals surface area contributed by atoms with Crippen molar-refractivity contribution in [1.82, 2.24) is 4.72 Å². The van der Waals surface area contributed by atoms with E-state index >= 15 is 0 Å². The maximum atomic E-state index is 12.6. The van der Waals surface area contributed by atoms with E-state index in [2.05, 4.69) is 4.72 Å². The molecule has 0 aliphatic rings. The molecule has 0 saturated heterocycles. The van der Waals surface area contributed by atoms with Crippen molar-refractivity contribution in [2.24, 2.45) is 5.73 Å². The van der Waals surface area contributed by atoms with E-state index in [0.29, 0.717) is 17.7 Å². The van der Waals surface area contributed by atoms with E-state index in [1.807, 2.05) is 19.9 Å². The van der Waals surface area contributed by atoms with E-state index in [-0.39, 0.29) is 11.4 Å². The van der Waals surface area contributed by atoms with Crippen molar-refractivity contribution in [3.05, 3.63) is 58.7 Å². The Morgan fingerprint density at radius 3 is 2.42 bits per heavy atom. The second-order valence-electron chi connectivity index (χ2n) is 5.80. The smallest absolute Gasteiger partial charge is 0.248 e. The molecule has 1 amide bonds. The highest BCUT2D eigenvalue weighted by atomic mass is 32.2. The van der Waals surface area contributed by atoms with Crippen molar-refractivity contribution < 1.29 is 17.9 Å². The van der Waals surface area contributed by atoms with E-state index < -0.39 is 15.9 Å². The van der Waals surface area contributed by atoms with Crippen LogP contribution in [0.2, 0.25) is 0 Å². The summed E-state index contributed by atoms with van der Waals surface area (Å²) in [6.07, 6.45) is 1.31. The highest BCUT2D eigenvalue weighted by Gasteiger charge is 2.19. The monoisotopic (exact) mass is 376 g/mol. The molecule has 26 heavy (non-hydrogen) atoms. The summed E-state index contributed by atoms with van der Waals surface area (Å²) in [4.78, 5) is 11.8. The molecule has 2 rings (SSSR count). The summed E-state index contributed by atoms with van der Waals surface area (Å²) in [6, 6.07) is 9.81. The average molecular weight is 376 g/mol. The number of carbonyl (C=O) groups excluding carboxylic acids is 1. The van der Waals surface area contributed by atoms with Crippen molar-refractivity contribution >= 4 is 15.9 Å². The van der Waals surface area contributed by atoms with Crippen LogP contribution in [0.15, 0.2) is 41.3 Å². The van der Waals surface area contributed by atoms with Crippen LogP contribution in [-0.4, -0.2) is 21.4 Å². The molecule has 2 aromatic carbocycles. The molecule has 0 aliphatic heterocycles. The zero-order valence-electron chi connectivity index (χ0n) is 15.2. The van der Waals surface area contributed by atoms with Gasteiger partial charge in [-0.3, -0.25) is 4.79 Å². The number of primary amides is 1. The molecule has 0 aliphatic carbocycles. The summed E-state index contributed by atoms with van der Waals surface area (Å²) in [6.45, 7) is 3.99. The van der Waals surface area contributed by atoms with E-state index in [9.17, 15) is 13.2 Å². The van der Waals surface area contributed by atoms with Crippen molar-refractivity contribution in [2.75, 3.05) is 7.11 Å². The number of nitrogens with two attached hydrogens (primary N) is 1. The number of amides is 1.